The second-order valence-corrected chi connectivity index (χ2v) is 2.81. The number of hydrazine groups is 1. The second kappa shape index (κ2) is 4.40. The maximum absolute atomic E-state index is 13.0. The van der Waals surface area contributed by atoms with Crippen molar-refractivity contribution in [1.82, 2.24) is 5.43 Å². The summed E-state index contributed by atoms with van der Waals surface area (Å²) in [5.41, 5.74) is 2.96. The van der Waals surface area contributed by atoms with Crippen molar-refractivity contribution in [1.29, 1.82) is 0 Å². The van der Waals surface area contributed by atoms with Gasteiger partial charge in [-0.15, -0.1) is 0 Å². The fourth-order valence-electron chi connectivity index (χ4n) is 0.968. The van der Waals surface area contributed by atoms with Gasteiger partial charge in [0.1, 0.15) is 5.82 Å². The van der Waals surface area contributed by atoms with Crippen LogP contribution in [0.25, 0.3) is 0 Å². The Balaban J connectivity index is 2.81. The van der Waals surface area contributed by atoms with Gasteiger partial charge in [-0.2, -0.15) is 0 Å². The molecule has 1 aromatic carbocycles. The van der Waals surface area contributed by atoms with Gasteiger partial charge in [-0.25, -0.2) is 4.39 Å². The largest absolute Gasteiger partial charge is 0.271 e. The molecule has 3 N–H and O–H groups in total. The molecule has 0 saturated carbocycles. The molecule has 0 aliphatic heterocycles. The van der Waals surface area contributed by atoms with Crippen LogP contribution in [0.15, 0.2) is 18.2 Å². The van der Waals surface area contributed by atoms with Crippen LogP contribution in [0.1, 0.15) is 5.56 Å². The van der Waals surface area contributed by atoms with Crippen LogP contribution in [0.5, 0.6) is 0 Å². The number of benzene rings is 1. The number of nitrogens with one attached hydrogen (secondary N) is 1. The molecule has 4 heteroatoms. The van der Waals surface area contributed by atoms with Gasteiger partial charge in [0.25, 0.3) is 0 Å². The topological polar surface area (TPSA) is 38.0 Å². The highest BCUT2D eigenvalue weighted by Crippen LogP contribution is 2.18. The van der Waals surface area contributed by atoms with Crippen LogP contribution in [0.2, 0.25) is 5.02 Å². The third kappa shape index (κ3) is 2.17. The normalized spacial score (nSPS) is 10.2. The van der Waals surface area contributed by atoms with E-state index in [1.54, 1.807) is 12.1 Å². The standard InChI is InChI=1S/C8H10ClFN2/c9-7-2-1-3-8(10)6(7)4-5-12-11/h1-3,12H,4-5,11H2. The number of halogens is 2. The molecule has 0 fully saturated rings. The molecule has 0 aliphatic carbocycles. The number of nitrogens with two attached hydrogens (primary N) is 1. The van der Waals surface area contributed by atoms with E-state index in [-0.39, 0.29) is 5.82 Å². The van der Waals surface area contributed by atoms with Gasteiger partial charge in [0, 0.05) is 17.1 Å². The van der Waals surface area contributed by atoms with E-state index in [1.165, 1.54) is 6.07 Å². The van der Waals surface area contributed by atoms with E-state index >= 15 is 0 Å². The van der Waals surface area contributed by atoms with E-state index in [9.17, 15) is 4.39 Å². The van der Waals surface area contributed by atoms with Crippen LogP contribution in [-0.4, -0.2) is 6.54 Å². The van der Waals surface area contributed by atoms with Gasteiger partial charge in [-0.1, -0.05) is 17.7 Å². The van der Waals surface area contributed by atoms with Gasteiger partial charge < -0.3 is 0 Å². The molecule has 2 nitrogen and oxygen atoms in total. The predicted molar refractivity (Wildman–Crippen MR) is 47.3 cm³/mol. The van der Waals surface area contributed by atoms with Crippen LogP contribution in [-0.2, 0) is 6.42 Å². The first-order valence-corrected chi connectivity index (χ1v) is 4.00. The highest BCUT2D eigenvalue weighted by atomic mass is 35.5. The van der Waals surface area contributed by atoms with E-state index in [0.29, 0.717) is 23.6 Å². The lowest BCUT2D eigenvalue weighted by molar-refractivity contribution is 0.601. The summed E-state index contributed by atoms with van der Waals surface area (Å²) in [6.07, 6.45) is 0.502. The van der Waals surface area contributed by atoms with Crippen molar-refractivity contribution >= 4 is 11.6 Å². The van der Waals surface area contributed by atoms with Crippen LogP contribution >= 0.6 is 11.6 Å². The summed E-state index contributed by atoms with van der Waals surface area (Å²) in [6, 6.07) is 4.63. The van der Waals surface area contributed by atoms with Crippen LogP contribution in [0.3, 0.4) is 0 Å². The molecule has 0 radical (unpaired) electrons. The third-order valence-corrected chi connectivity index (χ3v) is 1.94. The lowest BCUT2D eigenvalue weighted by atomic mass is 10.1. The van der Waals surface area contributed by atoms with E-state index in [4.69, 9.17) is 17.4 Å². The summed E-state index contributed by atoms with van der Waals surface area (Å²) in [7, 11) is 0. The molecular formula is C8H10ClFN2. The quantitative estimate of drug-likeness (QED) is 0.557. The molecule has 0 amide bonds. The maximum Gasteiger partial charge on any atom is 0.127 e. The van der Waals surface area contributed by atoms with Crippen molar-refractivity contribution in [3.05, 3.63) is 34.6 Å². The van der Waals surface area contributed by atoms with Gasteiger partial charge in [-0.05, 0) is 18.6 Å². The zero-order chi connectivity index (χ0) is 8.97. The lowest BCUT2D eigenvalue weighted by Gasteiger charge is -2.04. The summed E-state index contributed by atoms with van der Waals surface area (Å²) in [5.74, 6) is 4.78. The fraction of sp³-hybridized carbons (Fsp3) is 0.250. The molecule has 1 rings (SSSR count). The monoisotopic (exact) mass is 188 g/mol. The zero-order valence-electron chi connectivity index (χ0n) is 6.48. The lowest BCUT2D eigenvalue weighted by Crippen LogP contribution is -2.24. The summed E-state index contributed by atoms with van der Waals surface area (Å²) in [5, 5.41) is 0.449. The van der Waals surface area contributed by atoms with Crippen molar-refractivity contribution in [2.45, 2.75) is 6.42 Å². The van der Waals surface area contributed by atoms with E-state index in [2.05, 4.69) is 5.43 Å². The summed E-state index contributed by atoms with van der Waals surface area (Å²) >= 11 is 5.76. The molecule has 0 heterocycles. The molecule has 0 unspecified atom stereocenters. The van der Waals surface area contributed by atoms with Gasteiger partial charge in [0.05, 0.1) is 0 Å². The summed E-state index contributed by atoms with van der Waals surface area (Å²) < 4.78 is 13.0. The molecule has 0 saturated heterocycles. The molecule has 1 aromatic rings. The summed E-state index contributed by atoms with van der Waals surface area (Å²) in [4.78, 5) is 0. The van der Waals surface area contributed by atoms with E-state index in [1.807, 2.05) is 0 Å². The first kappa shape index (κ1) is 9.45. The average Bonchev–Trinajstić information content (AvgIpc) is 2.04. The molecule has 66 valence electrons. The van der Waals surface area contributed by atoms with Crippen molar-refractivity contribution < 1.29 is 4.39 Å². The first-order chi connectivity index (χ1) is 5.75. The van der Waals surface area contributed by atoms with Crippen molar-refractivity contribution in [3.8, 4) is 0 Å². The van der Waals surface area contributed by atoms with Crippen molar-refractivity contribution in [2.24, 2.45) is 5.84 Å². The van der Waals surface area contributed by atoms with Gasteiger partial charge in [-0.3, -0.25) is 11.3 Å². The maximum atomic E-state index is 13.0. The minimum atomic E-state index is -0.280. The van der Waals surface area contributed by atoms with E-state index < -0.39 is 0 Å². The molecular weight excluding hydrogens is 179 g/mol. The minimum Gasteiger partial charge on any atom is -0.271 e. The Morgan fingerprint density at radius 3 is 2.83 bits per heavy atom. The second-order valence-electron chi connectivity index (χ2n) is 2.40. The summed E-state index contributed by atoms with van der Waals surface area (Å²) in [6.45, 7) is 0.515. The van der Waals surface area contributed by atoms with Gasteiger partial charge in [0.15, 0.2) is 0 Å². The SMILES string of the molecule is NNCCc1c(F)cccc1Cl. The third-order valence-electron chi connectivity index (χ3n) is 1.58. The Kier molecular flexibility index (Phi) is 3.47. The highest BCUT2D eigenvalue weighted by molar-refractivity contribution is 6.31. The number of hydrogen-bond donors (Lipinski definition) is 2. The Morgan fingerprint density at radius 1 is 1.50 bits per heavy atom. The Morgan fingerprint density at radius 2 is 2.25 bits per heavy atom. The van der Waals surface area contributed by atoms with Gasteiger partial charge >= 0.3 is 0 Å². The zero-order valence-corrected chi connectivity index (χ0v) is 7.24. The van der Waals surface area contributed by atoms with Gasteiger partial charge in [0.2, 0.25) is 0 Å². The minimum absolute atomic E-state index is 0.280. The molecule has 0 spiro atoms. The van der Waals surface area contributed by atoms with Crippen LogP contribution in [0, 0.1) is 5.82 Å². The number of rotatable bonds is 3. The molecule has 0 atom stereocenters. The van der Waals surface area contributed by atoms with Crippen LogP contribution in [0.4, 0.5) is 4.39 Å². The smallest absolute Gasteiger partial charge is 0.127 e. The highest BCUT2D eigenvalue weighted by Gasteiger charge is 2.04. The Bertz CT molecular complexity index is 245. The Hall–Kier alpha value is -0.640. The molecule has 0 bridgehead atoms. The fourth-order valence-corrected chi connectivity index (χ4v) is 1.23. The Labute approximate surface area is 75.5 Å². The van der Waals surface area contributed by atoms with Crippen molar-refractivity contribution in [2.75, 3.05) is 6.54 Å². The molecule has 0 aromatic heterocycles. The average molecular weight is 189 g/mol. The van der Waals surface area contributed by atoms with E-state index in [0.717, 1.165) is 0 Å². The molecule has 12 heavy (non-hydrogen) atoms. The number of hydrogen-bond acceptors (Lipinski definition) is 2. The van der Waals surface area contributed by atoms with Crippen molar-refractivity contribution in [3.63, 3.8) is 0 Å². The first-order valence-electron chi connectivity index (χ1n) is 3.62. The molecule has 0 aliphatic rings. The predicted octanol–water partition coefficient (Wildman–Crippen LogP) is 1.48. The van der Waals surface area contributed by atoms with Crippen LogP contribution < -0.4 is 11.3 Å².